The molecule has 0 bridgehead atoms. The van der Waals surface area contributed by atoms with Crippen molar-refractivity contribution in [2.75, 3.05) is 33.3 Å². The number of amides is 1. The predicted octanol–water partition coefficient (Wildman–Crippen LogP) is 0.650. The molecule has 20 heavy (non-hydrogen) atoms. The third-order valence-corrected chi connectivity index (χ3v) is 4.49. The van der Waals surface area contributed by atoms with Crippen molar-refractivity contribution in [1.29, 1.82) is 0 Å². The van der Waals surface area contributed by atoms with Crippen molar-refractivity contribution in [3.8, 4) is 0 Å². The minimum Gasteiger partial charge on any atom is -0.378 e. The van der Waals surface area contributed by atoms with Crippen LogP contribution in [-0.4, -0.2) is 65.1 Å². The van der Waals surface area contributed by atoms with Crippen LogP contribution in [0.3, 0.4) is 0 Å². The Hall–Kier alpha value is -1.40. The molecule has 6 heteroatoms. The molecule has 0 radical (unpaired) electrons. The fraction of sp³-hybridized carbons (Fsp3) is 0.714. The lowest BCUT2D eigenvalue weighted by molar-refractivity contribution is -0.139. The summed E-state index contributed by atoms with van der Waals surface area (Å²) in [7, 11) is 2.08. The number of imidazole rings is 1. The van der Waals surface area contributed by atoms with E-state index in [0.717, 1.165) is 25.3 Å². The van der Waals surface area contributed by atoms with E-state index in [1.54, 1.807) is 6.20 Å². The molecule has 3 heterocycles. The minimum atomic E-state index is 0.0238. The normalized spacial score (nSPS) is 31.7. The van der Waals surface area contributed by atoms with Crippen LogP contribution in [0.5, 0.6) is 0 Å². The van der Waals surface area contributed by atoms with Gasteiger partial charge in [-0.3, -0.25) is 9.69 Å². The maximum atomic E-state index is 12.6. The lowest BCUT2D eigenvalue weighted by Crippen LogP contribution is -2.51. The van der Waals surface area contributed by atoms with Crippen molar-refractivity contribution in [3.63, 3.8) is 0 Å². The molecule has 0 aliphatic carbocycles. The summed E-state index contributed by atoms with van der Waals surface area (Å²) in [6.07, 6.45) is 4.48. The minimum absolute atomic E-state index is 0.0238. The van der Waals surface area contributed by atoms with Crippen LogP contribution in [0.4, 0.5) is 0 Å². The van der Waals surface area contributed by atoms with E-state index in [1.807, 2.05) is 18.0 Å². The molecule has 1 aromatic rings. The molecule has 110 valence electrons. The first-order valence-electron chi connectivity index (χ1n) is 7.26. The number of aromatic amines is 1. The monoisotopic (exact) mass is 278 g/mol. The van der Waals surface area contributed by atoms with E-state index in [1.165, 1.54) is 0 Å². The van der Waals surface area contributed by atoms with Crippen LogP contribution >= 0.6 is 0 Å². The van der Waals surface area contributed by atoms with Gasteiger partial charge in [-0.25, -0.2) is 4.98 Å². The highest BCUT2D eigenvalue weighted by atomic mass is 16.5. The number of ether oxygens (including phenoxy) is 1. The molecule has 2 fully saturated rings. The first-order chi connectivity index (χ1) is 9.66. The van der Waals surface area contributed by atoms with Gasteiger partial charge < -0.3 is 14.6 Å². The predicted molar refractivity (Wildman–Crippen MR) is 74.1 cm³/mol. The zero-order chi connectivity index (χ0) is 14.1. The van der Waals surface area contributed by atoms with Crippen molar-refractivity contribution in [2.24, 2.45) is 5.92 Å². The zero-order valence-corrected chi connectivity index (χ0v) is 12.1. The van der Waals surface area contributed by atoms with E-state index in [9.17, 15) is 4.79 Å². The van der Waals surface area contributed by atoms with Gasteiger partial charge in [0.15, 0.2) is 0 Å². The summed E-state index contributed by atoms with van der Waals surface area (Å²) in [6.45, 7) is 5.06. The van der Waals surface area contributed by atoms with Crippen molar-refractivity contribution >= 4 is 5.91 Å². The lowest BCUT2D eigenvalue weighted by atomic mass is 10.00. The standard InChI is InChI=1S/C14H22N4O2/c1-10-11(3-8-20-10)14(19)18-7-6-17(2)12(9-18)13-15-4-5-16-13/h4-5,10-12H,3,6-9H2,1-2H3,(H,15,16)/t10-,11+,12+/m0/s1. The quantitative estimate of drug-likeness (QED) is 0.863. The number of rotatable bonds is 2. The first kappa shape index (κ1) is 13.6. The van der Waals surface area contributed by atoms with Gasteiger partial charge in [0, 0.05) is 38.6 Å². The Morgan fingerprint density at radius 1 is 1.50 bits per heavy atom. The smallest absolute Gasteiger partial charge is 0.228 e. The number of piperazine rings is 1. The van der Waals surface area contributed by atoms with E-state index in [4.69, 9.17) is 4.74 Å². The van der Waals surface area contributed by atoms with Gasteiger partial charge >= 0.3 is 0 Å². The average molecular weight is 278 g/mol. The Kier molecular flexibility index (Phi) is 3.76. The molecule has 6 nitrogen and oxygen atoms in total. The van der Waals surface area contributed by atoms with Crippen molar-refractivity contribution in [1.82, 2.24) is 19.8 Å². The van der Waals surface area contributed by atoms with E-state index >= 15 is 0 Å². The van der Waals surface area contributed by atoms with Gasteiger partial charge in [-0.2, -0.15) is 0 Å². The highest BCUT2D eigenvalue weighted by Crippen LogP contribution is 2.27. The van der Waals surface area contributed by atoms with Gasteiger partial charge in [0.25, 0.3) is 0 Å². The average Bonchev–Trinajstić information content (AvgIpc) is 3.09. The van der Waals surface area contributed by atoms with Gasteiger partial charge in [-0.15, -0.1) is 0 Å². The molecule has 3 rings (SSSR count). The number of H-pyrrole nitrogens is 1. The number of hydrogen-bond donors (Lipinski definition) is 1. The fourth-order valence-electron chi connectivity index (χ4n) is 3.12. The van der Waals surface area contributed by atoms with Crippen LogP contribution < -0.4 is 0 Å². The summed E-state index contributed by atoms with van der Waals surface area (Å²) in [5, 5.41) is 0. The second kappa shape index (κ2) is 5.54. The maximum Gasteiger partial charge on any atom is 0.228 e. The molecule has 2 aliphatic heterocycles. The summed E-state index contributed by atoms with van der Waals surface area (Å²) in [6, 6.07) is 0.153. The third-order valence-electron chi connectivity index (χ3n) is 4.49. The molecular formula is C14H22N4O2. The summed E-state index contributed by atoms with van der Waals surface area (Å²) in [5.41, 5.74) is 0. The second-order valence-electron chi connectivity index (χ2n) is 5.73. The van der Waals surface area contributed by atoms with E-state index < -0.39 is 0 Å². The van der Waals surface area contributed by atoms with Crippen molar-refractivity contribution in [2.45, 2.75) is 25.5 Å². The Bertz CT molecular complexity index is 462. The summed E-state index contributed by atoms with van der Waals surface area (Å²) in [4.78, 5) is 24.3. The molecule has 1 amide bonds. The van der Waals surface area contributed by atoms with E-state index in [-0.39, 0.29) is 24.0 Å². The Balaban J connectivity index is 1.70. The molecule has 0 saturated carbocycles. The van der Waals surface area contributed by atoms with Gasteiger partial charge in [0.1, 0.15) is 5.82 Å². The SMILES string of the molecule is C[C@@H]1OCC[C@H]1C(=O)N1CCN(C)[C@@H](c2ncc[nH]2)C1. The Morgan fingerprint density at radius 2 is 2.35 bits per heavy atom. The van der Waals surface area contributed by atoms with Crippen LogP contribution in [0.15, 0.2) is 12.4 Å². The van der Waals surface area contributed by atoms with Gasteiger partial charge in [-0.1, -0.05) is 0 Å². The number of hydrogen-bond acceptors (Lipinski definition) is 4. The molecule has 2 saturated heterocycles. The van der Waals surface area contributed by atoms with Crippen molar-refractivity contribution < 1.29 is 9.53 Å². The van der Waals surface area contributed by atoms with Crippen LogP contribution in [0.2, 0.25) is 0 Å². The zero-order valence-electron chi connectivity index (χ0n) is 12.1. The highest BCUT2D eigenvalue weighted by molar-refractivity contribution is 5.79. The number of carbonyl (C=O) groups is 1. The fourth-order valence-corrected chi connectivity index (χ4v) is 3.12. The molecule has 1 N–H and O–H groups in total. The van der Waals surface area contributed by atoms with Crippen molar-refractivity contribution in [3.05, 3.63) is 18.2 Å². The highest BCUT2D eigenvalue weighted by Gasteiger charge is 2.37. The topological polar surface area (TPSA) is 61.5 Å². The van der Waals surface area contributed by atoms with Gasteiger partial charge in [0.05, 0.1) is 18.1 Å². The van der Waals surface area contributed by atoms with E-state index in [2.05, 4.69) is 21.9 Å². The number of nitrogens with zero attached hydrogens (tertiary/aromatic N) is 3. The largest absolute Gasteiger partial charge is 0.378 e. The number of likely N-dealkylation sites (N-methyl/N-ethyl adjacent to an activating group) is 1. The summed E-state index contributed by atoms with van der Waals surface area (Å²) in [5.74, 6) is 1.19. The van der Waals surface area contributed by atoms with Gasteiger partial charge in [0.2, 0.25) is 5.91 Å². The first-order valence-corrected chi connectivity index (χ1v) is 7.26. The third kappa shape index (κ3) is 2.45. The maximum absolute atomic E-state index is 12.6. The van der Waals surface area contributed by atoms with Crippen LogP contribution in [0.1, 0.15) is 25.2 Å². The molecule has 0 aromatic carbocycles. The number of nitrogens with one attached hydrogen (secondary N) is 1. The molecular weight excluding hydrogens is 256 g/mol. The summed E-state index contributed by atoms with van der Waals surface area (Å²) < 4.78 is 5.52. The lowest BCUT2D eigenvalue weighted by Gasteiger charge is -2.39. The number of carbonyl (C=O) groups excluding carboxylic acids is 1. The summed E-state index contributed by atoms with van der Waals surface area (Å²) >= 11 is 0. The Labute approximate surface area is 119 Å². The second-order valence-corrected chi connectivity index (χ2v) is 5.73. The molecule has 0 spiro atoms. The van der Waals surface area contributed by atoms with Crippen LogP contribution in [0.25, 0.3) is 0 Å². The number of aromatic nitrogens is 2. The Morgan fingerprint density at radius 3 is 3.00 bits per heavy atom. The van der Waals surface area contributed by atoms with E-state index in [0.29, 0.717) is 13.2 Å². The molecule has 2 aliphatic rings. The van der Waals surface area contributed by atoms with Crippen LogP contribution in [-0.2, 0) is 9.53 Å². The van der Waals surface area contributed by atoms with Crippen LogP contribution in [0, 0.1) is 5.92 Å². The molecule has 3 atom stereocenters. The molecule has 1 aromatic heterocycles. The van der Waals surface area contributed by atoms with Gasteiger partial charge in [-0.05, 0) is 20.4 Å². The molecule has 0 unspecified atom stereocenters.